The van der Waals surface area contributed by atoms with Gasteiger partial charge in [0.15, 0.2) is 6.10 Å². The molecule has 1 fully saturated rings. The lowest BCUT2D eigenvalue weighted by atomic mass is 9.96. The number of hydrogen-bond acceptors (Lipinski definition) is 5. The third-order valence-corrected chi connectivity index (χ3v) is 6.06. The number of para-hydroxylation sites is 2. The van der Waals surface area contributed by atoms with E-state index in [1.807, 2.05) is 0 Å². The van der Waals surface area contributed by atoms with Crippen molar-refractivity contribution < 1.29 is 22.7 Å². The lowest BCUT2D eigenvalue weighted by Gasteiger charge is -2.32. The Balaban J connectivity index is 1.77. The van der Waals surface area contributed by atoms with Crippen LogP contribution in [0.15, 0.2) is 24.3 Å². The minimum absolute atomic E-state index is 0.171. The Morgan fingerprint density at radius 3 is 2.38 bits per heavy atom. The second-order valence-corrected chi connectivity index (χ2v) is 8.61. The van der Waals surface area contributed by atoms with Gasteiger partial charge in [-0.25, -0.2) is 8.42 Å². The van der Waals surface area contributed by atoms with Gasteiger partial charge in [-0.3, -0.25) is 13.9 Å². The molecule has 3 rings (SSSR count). The number of likely N-dealkylation sites (tertiary alicyclic amines) is 1. The number of nitrogens with zero attached hydrogens (tertiary/aromatic N) is 2. The van der Waals surface area contributed by atoms with E-state index >= 15 is 0 Å². The summed E-state index contributed by atoms with van der Waals surface area (Å²) < 4.78 is 31.4. The van der Waals surface area contributed by atoms with Crippen LogP contribution in [0.5, 0.6) is 5.75 Å². The molecule has 26 heavy (non-hydrogen) atoms. The molecular formula is C17H23N3O5S. The first-order valence-corrected chi connectivity index (χ1v) is 10.4. The van der Waals surface area contributed by atoms with Crippen LogP contribution in [0, 0.1) is 5.92 Å². The largest absolute Gasteiger partial charge is 0.478 e. The summed E-state index contributed by atoms with van der Waals surface area (Å²) in [5.41, 5.74) is 5.77. The molecule has 1 aromatic rings. The number of fused-ring (bicyclic) bond motifs is 1. The normalized spacial score (nSPS) is 21.5. The summed E-state index contributed by atoms with van der Waals surface area (Å²) in [5.74, 6) is -0.338. The average Bonchev–Trinajstić information content (AvgIpc) is 2.80. The molecule has 2 amide bonds. The van der Waals surface area contributed by atoms with Crippen LogP contribution in [0.2, 0.25) is 0 Å². The van der Waals surface area contributed by atoms with Crippen molar-refractivity contribution in [3.63, 3.8) is 0 Å². The van der Waals surface area contributed by atoms with Crippen LogP contribution in [0.1, 0.15) is 19.3 Å². The molecule has 1 atom stereocenters. The predicted molar refractivity (Wildman–Crippen MR) is 96.2 cm³/mol. The smallest absolute Gasteiger partial charge is 0.263 e. The van der Waals surface area contributed by atoms with Gasteiger partial charge in [0.25, 0.3) is 5.91 Å². The predicted octanol–water partition coefficient (Wildman–Crippen LogP) is 0.328. The molecule has 2 aliphatic heterocycles. The molecular weight excluding hydrogens is 358 g/mol. The van der Waals surface area contributed by atoms with Crippen molar-refractivity contribution >= 4 is 27.5 Å². The van der Waals surface area contributed by atoms with Gasteiger partial charge in [-0.15, -0.1) is 0 Å². The number of carbonyl (C=O) groups excluding carboxylic acids is 2. The second-order valence-electron chi connectivity index (χ2n) is 6.70. The van der Waals surface area contributed by atoms with Crippen LogP contribution < -0.4 is 14.8 Å². The summed E-state index contributed by atoms with van der Waals surface area (Å²) in [6.45, 7) is 1.07. The highest BCUT2D eigenvalue weighted by atomic mass is 32.2. The Kier molecular flexibility index (Phi) is 5.08. The molecule has 0 saturated carbocycles. The first-order valence-electron chi connectivity index (χ1n) is 8.59. The van der Waals surface area contributed by atoms with E-state index in [9.17, 15) is 18.0 Å². The van der Waals surface area contributed by atoms with Gasteiger partial charge in [-0.2, -0.15) is 0 Å². The summed E-state index contributed by atoms with van der Waals surface area (Å²) in [7, 11) is -3.48. The molecule has 0 aromatic heterocycles. The molecule has 0 radical (unpaired) electrons. The number of nitrogens with two attached hydrogens (primary N) is 1. The number of ether oxygens (including phenoxy) is 1. The van der Waals surface area contributed by atoms with Gasteiger partial charge in [-0.1, -0.05) is 12.1 Å². The quantitative estimate of drug-likeness (QED) is 0.811. The Morgan fingerprint density at radius 2 is 1.77 bits per heavy atom. The lowest BCUT2D eigenvalue weighted by molar-refractivity contribution is -0.141. The maximum absolute atomic E-state index is 12.9. The molecule has 2 heterocycles. The van der Waals surface area contributed by atoms with Crippen molar-refractivity contribution in [3.8, 4) is 5.75 Å². The summed E-state index contributed by atoms with van der Waals surface area (Å²) in [4.78, 5) is 25.8. The topological polar surface area (TPSA) is 110 Å². The van der Waals surface area contributed by atoms with E-state index in [0.29, 0.717) is 37.4 Å². The molecule has 8 nitrogen and oxygen atoms in total. The van der Waals surface area contributed by atoms with Gasteiger partial charge >= 0.3 is 0 Å². The molecule has 0 aliphatic carbocycles. The number of piperidine rings is 1. The summed E-state index contributed by atoms with van der Waals surface area (Å²) in [6, 6.07) is 6.81. The van der Waals surface area contributed by atoms with E-state index in [-0.39, 0.29) is 30.7 Å². The van der Waals surface area contributed by atoms with Crippen LogP contribution in [-0.2, 0) is 19.6 Å². The van der Waals surface area contributed by atoms with Crippen molar-refractivity contribution in [1.82, 2.24) is 4.90 Å². The van der Waals surface area contributed by atoms with Crippen LogP contribution in [0.4, 0.5) is 5.69 Å². The van der Waals surface area contributed by atoms with Crippen LogP contribution in [-0.4, -0.2) is 57.1 Å². The number of anilines is 1. The standard InChI is InChI=1S/C17H23N3O5S/c1-26(23,24)20-11-8-15(25-14-5-3-2-4-13(14)20)17(22)19-9-6-12(7-10-19)16(18)21/h2-5,12,15H,6-11H2,1H3,(H2,18,21). The van der Waals surface area contributed by atoms with Crippen LogP contribution in [0.3, 0.4) is 0 Å². The van der Waals surface area contributed by atoms with Crippen molar-refractivity contribution in [1.29, 1.82) is 0 Å². The monoisotopic (exact) mass is 381 g/mol. The Labute approximate surface area is 152 Å². The molecule has 1 saturated heterocycles. The average molecular weight is 381 g/mol. The van der Waals surface area contributed by atoms with Crippen molar-refractivity contribution in [2.75, 3.05) is 30.2 Å². The first kappa shape index (κ1) is 18.5. The summed E-state index contributed by atoms with van der Waals surface area (Å²) >= 11 is 0. The van der Waals surface area contributed by atoms with E-state index in [0.717, 1.165) is 6.26 Å². The van der Waals surface area contributed by atoms with Gasteiger partial charge in [-0.05, 0) is 25.0 Å². The van der Waals surface area contributed by atoms with E-state index in [2.05, 4.69) is 0 Å². The minimum Gasteiger partial charge on any atom is -0.478 e. The zero-order valence-corrected chi connectivity index (χ0v) is 15.4. The fourth-order valence-corrected chi connectivity index (χ4v) is 4.38. The highest BCUT2D eigenvalue weighted by Gasteiger charge is 2.35. The van der Waals surface area contributed by atoms with Crippen LogP contribution in [0.25, 0.3) is 0 Å². The Bertz CT molecular complexity index is 802. The van der Waals surface area contributed by atoms with Gasteiger partial charge in [0, 0.05) is 32.0 Å². The van der Waals surface area contributed by atoms with Crippen molar-refractivity contribution in [2.24, 2.45) is 11.7 Å². The zero-order chi connectivity index (χ0) is 18.9. The SMILES string of the molecule is CS(=O)(=O)N1CCC(C(=O)N2CCC(C(N)=O)CC2)Oc2ccccc21. The van der Waals surface area contributed by atoms with Crippen LogP contribution >= 0.6 is 0 Å². The summed E-state index contributed by atoms with van der Waals surface area (Å²) in [6.07, 6.45) is 1.73. The number of primary amides is 1. The number of sulfonamides is 1. The minimum atomic E-state index is -3.48. The number of benzene rings is 1. The van der Waals surface area contributed by atoms with E-state index in [4.69, 9.17) is 10.5 Å². The highest BCUT2D eigenvalue weighted by Crippen LogP contribution is 2.34. The molecule has 2 N–H and O–H groups in total. The van der Waals surface area contributed by atoms with Gasteiger partial charge in [0.2, 0.25) is 15.9 Å². The molecule has 142 valence electrons. The molecule has 1 aromatic carbocycles. The van der Waals surface area contributed by atoms with E-state index in [1.54, 1.807) is 29.2 Å². The number of rotatable bonds is 3. The van der Waals surface area contributed by atoms with Gasteiger partial charge < -0.3 is 15.4 Å². The first-order chi connectivity index (χ1) is 12.3. The van der Waals surface area contributed by atoms with E-state index in [1.165, 1.54) is 4.31 Å². The van der Waals surface area contributed by atoms with E-state index < -0.39 is 16.1 Å². The molecule has 2 aliphatic rings. The molecule has 0 bridgehead atoms. The highest BCUT2D eigenvalue weighted by molar-refractivity contribution is 7.92. The third kappa shape index (κ3) is 3.77. The molecule has 9 heteroatoms. The maximum Gasteiger partial charge on any atom is 0.263 e. The Morgan fingerprint density at radius 1 is 1.12 bits per heavy atom. The van der Waals surface area contributed by atoms with Gasteiger partial charge in [0.1, 0.15) is 5.75 Å². The second kappa shape index (κ2) is 7.14. The third-order valence-electron chi connectivity index (χ3n) is 4.88. The number of carbonyl (C=O) groups is 2. The van der Waals surface area contributed by atoms with Crippen molar-refractivity contribution in [3.05, 3.63) is 24.3 Å². The summed E-state index contributed by atoms with van der Waals surface area (Å²) in [5, 5.41) is 0. The number of hydrogen-bond donors (Lipinski definition) is 1. The maximum atomic E-state index is 12.9. The molecule has 1 unspecified atom stereocenters. The lowest BCUT2D eigenvalue weighted by Crippen LogP contribution is -2.47. The number of amides is 2. The Hall–Kier alpha value is -2.29. The van der Waals surface area contributed by atoms with Crippen molar-refractivity contribution in [2.45, 2.75) is 25.4 Å². The zero-order valence-electron chi connectivity index (χ0n) is 14.6. The molecule has 0 spiro atoms. The fourth-order valence-electron chi connectivity index (χ4n) is 3.44. The fraction of sp³-hybridized carbons (Fsp3) is 0.529. The van der Waals surface area contributed by atoms with Gasteiger partial charge in [0.05, 0.1) is 11.9 Å².